The maximum absolute atomic E-state index is 12.6. The third-order valence-corrected chi connectivity index (χ3v) is 8.41. The van der Waals surface area contributed by atoms with E-state index in [1.807, 2.05) is 0 Å². The number of alkyl halides is 1. The number of halogens is 1. The first kappa shape index (κ1) is 16.5. The molecule has 0 aliphatic carbocycles. The Balaban J connectivity index is 2.08. The van der Waals surface area contributed by atoms with Gasteiger partial charge in [-0.05, 0) is 25.7 Å². The first-order valence-electron chi connectivity index (χ1n) is 6.79. The fourth-order valence-corrected chi connectivity index (χ4v) is 6.66. The van der Waals surface area contributed by atoms with Crippen LogP contribution >= 0.6 is 11.6 Å². The summed E-state index contributed by atoms with van der Waals surface area (Å²) < 4.78 is 51.0. The Kier molecular flexibility index (Phi) is 5.01. The van der Waals surface area contributed by atoms with Gasteiger partial charge in [0, 0.05) is 31.6 Å². The molecule has 0 aromatic carbocycles. The van der Waals surface area contributed by atoms with Gasteiger partial charge >= 0.3 is 0 Å². The van der Waals surface area contributed by atoms with Crippen LogP contribution in [0.25, 0.3) is 0 Å². The fourth-order valence-electron chi connectivity index (χ4n) is 2.77. The van der Waals surface area contributed by atoms with Crippen LogP contribution in [0.4, 0.5) is 0 Å². The van der Waals surface area contributed by atoms with E-state index in [0.29, 0.717) is 24.9 Å². The van der Waals surface area contributed by atoms with Gasteiger partial charge in [-0.25, -0.2) is 8.42 Å². The molecule has 6 nitrogen and oxygen atoms in total. The first-order valence-corrected chi connectivity index (χ1v) is 10.5. The SMILES string of the molecule is CC1CS(=O)(=O)CCN1S(=O)(=O)N1CCC(CCl)CC1. The number of sulfone groups is 1. The molecule has 2 heterocycles. The average Bonchev–Trinajstić information content (AvgIpc) is 2.37. The number of hydrogen-bond donors (Lipinski definition) is 0. The molecule has 118 valence electrons. The monoisotopic (exact) mass is 344 g/mol. The molecule has 1 atom stereocenters. The zero-order valence-corrected chi connectivity index (χ0v) is 13.9. The summed E-state index contributed by atoms with van der Waals surface area (Å²) in [5.41, 5.74) is 0. The van der Waals surface area contributed by atoms with Crippen molar-refractivity contribution in [2.24, 2.45) is 5.92 Å². The molecule has 2 saturated heterocycles. The van der Waals surface area contributed by atoms with E-state index in [2.05, 4.69) is 0 Å². The number of nitrogens with zero attached hydrogens (tertiary/aromatic N) is 2. The smallest absolute Gasteiger partial charge is 0.229 e. The molecular weight excluding hydrogens is 324 g/mol. The molecule has 0 amide bonds. The summed E-state index contributed by atoms with van der Waals surface area (Å²) in [5.74, 6) is 0.757. The van der Waals surface area contributed by atoms with Crippen LogP contribution < -0.4 is 0 Å². The number of piperidine rings is 1. The molecule has 2 fully saturated rings. The fraction of sp³-hybridized carbons (Fsp3) is 1.00. The van der Waals surface area contributed by atoms with Crippen molar-refractivity contribution in [1.29, 1.82) is 0 Å². The Labute approximate surface area is 126 Å². The largest absolute Gasteiger partial charge is 0.282 e. The van der Waals surface area contributed by atoms with E-state index in [1.54, 1.807) is 6.92 Å². The minimum Gasteiger partial charge on any atom is -0.229 e. The molecule has 2 aliphatic heterocycles. The molecule has 2 rings (SSSR count). The van der Waals surface area contributed by atoms with Gasteiger partial charge in [-0.2, -0.15) is 17.0 Å². The molecule has 0 N–H and O–H groups in total. The lowest BCUT2D eigenvalue weighted by molar-refractivity contribution is 0.255. The van der Waals surface area contributed by atoms with E-state index in [4.69, 9.17) is 11.6 Å². The normalized spacial score (nSPS) is 30.4. The van der Waals surface area contributed by atoms with Crippen LogP contribution in [0.5, 0.6) is 0 Å². The molecule has 0 radical (unpaired) electrons. The van der Waals surface area contributed by atoms with Crippen LogP contribution in [0.15, 0.2) is 0 Å². The topological polar surface area (TPSA) is 74.8 Å². The van der Waals surface area contributed by atoms with Gasteiger partial charge in [0.15, 0.2) is 9.84 Å². The lowest BCUT2D eigenvalue weighted by Gasteiger charge is -2.38. The zero-order chi connectivity index (χ0) is 15.0. The maximum Gasteiger partial charge on any atom is 0.282 e. The summed E-state index contributed by atoms with van der Waals surface area (Å²) >= 11 is 5.80. The summed E-state index contributed by atoms with van der Waals surface area (Å²) in [5, 5.41) is 0. The van der Waals surface area contributed by atoms with E-state index in [9.17, 15) is 16.8 Å². The van der Waals surface area contributed by atoms with Crippen molar-refractivity contribution in [1.82, 2.24) is 8.61 Å². The van der Waals surface area contributed by atoms with Crippen LogP contribution in [-0.2, 0) is 20.0 Å². The quantitative estimate of drug-likeness (QED) is 0.690. The van der Waals surface area contributed by atoms with Crippen molar-refractivity contribution in [3.05, 3.63) is 0 Å². The standard InChI is InChI=1S/C11H21ClN2O4S2/c1-10-9-19(15,16)7-6-14(10)20(17,18)13-4-2-11(8-12)3-5-13/h10-11H,2-9H2,1H3. The highest BCUT2D eigenvalue weighted by atomic mass is 35.5. The van der Waals surface area contributed by atoms with Crippen molar-refractivity contribution in [3.63, 3.8) is 0 Å². The Bertz CT molecular complexity index is 541. The molecule has 20 heavy (non-hydrogen) atoms. The highest BCUT2D eigenvalue weighted by Gasteiger charge is 2.39. The van der Waals surface area contributed by atoms with Crippen LogP contribution in [-0.4, -0.2) is 68.5 Å². The minimum atomic E-state index is -3.56. The van der Waals surface area contributed by atoms with Gasteiger partial charge in [0.25, 0.3) is 10.2 Å². The summed E-state index contributed by atoms with van der Waals surface area (Å²) in [6.45, 7) is 2.65. The summed E-state index contributed by atoms with van der Waals surface area (Å²) in [4.78, 5) is 0. The van der Waals surface area contributed by atoms with Gasteiger partial charge in [0.05, 0.1) is 11.5 Å². The lowest BCUT2D eigenvalue weighted by atomic mass is 10.0. The Morgan fingerprint density at radius 2 is 1.80 bits per heavy atom. The van der Waals surface area contributed by atoms with E-state index >= 15 is 0 Å². The third-order valence-electron chi connectivity index (χ3n) is 4.02. The molecule has 0 aromatic rings. The van der Waals surface area contributed by atoms with Gasteiger partial charge < -0.3 is 0 Å². The molecule has 9 heteroatoms. The molecule has 0 saturated carbocycles. The number of hydrogen-bond acceptors (Lipinski definition) is 4. The van der Waals surface area contributed by atoms with Crippen molar-refractivity contribution in [2.75, 3.05) is 37.0 Å². The van der Waals surface area contributed by atoms with Crippen molar-refractivity contribution in [2.45, 2.75) is 25.8 Å². The van der Waals surface area contributed by atoms with Gasteiger partial charge in [-0.1, -0.05) is 0 Å². The summed E-state index contributed by atoms with van der Waals surface area (Å²) in [6, 6.07) is -0.496. The summed E-state index contributed by atoms with van der Waals surface area (Å²) in [7, 11) is -6.67. The second kappa shape index (κ2) is 6.08. The highest BCUT2D eigenvalue weighted by molar-refractivity contribution is 7.91. The Morgan fingerprint density at radius 1 is 1.20 bits per heavy atom. The average molecular weight is 345 g/mol. The molecule has 0 aromatic heterocycles. The van der Waals surface area contributed by atoms with E-state index in [-0.39, 0.29) is 18.1 Å². The Hall–Kier alpha value is 0.110. The summed E-state index contributed by atoms with van der Waals surface area (Å²) in [6.07, 6.45) is 1.53. The molecule has 2 aliphatic rings. The van der Waals surface area contributed by atoms with Crippen molar-refractivity contribution in [3.8, 4) is 0 Å². The van der Waals surface area contributed by atoms with Crippen LogP contribution in [0.1, 0.15) is 19.8 Å². The Morgan fingerprint density at radius 3 is 2.30 bits per heavy atom. The lowest BCUT2D eigenvalue weighted by Crippen LogP contribution is -2.55. The molecule has 1 unspecified atom stereocenters. The second-order valence-corrected chi connectivity index (χ2v) is 10.00. The van der Waals surface area contributed by atoms with Crippen molar-refractivity contribution >= 4 is 31.6 Å². The first-order chi connectivity index (χ1) is 9.26. The maximum atomic E-state index is 12.6. The molecular formula is C11H21ClN2O4S2. The predicted molar refractivity (Wildman–Crippen MR) is 78.8 cm³/mol. The van der Waals surface area contributed by atoms with E-state index in [0.717, 1.165) is 12.8 Å². The van der Waals surface area contributed by atoms with Crippen LogP contribution in [0.3, 0.4) is 0 Å². The second-order valence-electron chi connectivity index (χ2n) is 5.58. The van der Waals surface area contributed by atoms with E-state index < -0.39 is 26.1 Å². The predicted octanol–water partition coefficient (Wildman–Crippen LogP) is 0.301. The molecule has 0 bridgehead atoms. The van der Waals surface area contributed by atoms with Crippen LogP contribution in [0, 0.1) is 5.92 Å². The van der Waals surface area contributed by atoms with Crippen molar-refractivity contribution < 1.29 is 16.8 Å². The third kappa shape index (κ3) is 3.47. The van der Waals surface area contributed by atoms with Gasteiger partial charge in [-0.3, -0.25) is 0 Å². The highest BCUT2D eigenvalue weighted by Crippen LogP contribution is 2.24. The number of rotatable bonds is 3. The zero-order valence-electron chi connectivity index (χ0n) is 11.5. The van der Waals surface area contributed by atoms with Gasteiger partial charge in [-0.15, -0.1) is 11.6 Å². The van der Waals surface area contributed by atoms with Gasteiger partial charge in [0.2, 0.25) is 0 Å². The van der Waals surface area contributed by atoms with Crippen LogP contribution in [0.2, 0.25) is 0 Å². The minimum absolute atomic E-state index is 0.0568. The molecule has 0 spiro atoms. The van der Waals surface area contributed by atoms with E-state index in [1.165, 1.54) is 8.61 Å². The van der Waals surface area contributed by atoms with Gasteiger partial charge in [0.1, 0.15) is 0 Å².